The highest BCUT2D eigenvalue weighted by Crippen LogP contribution is 2.33. The van der Waals surface area contributed by atoms with Gasteiger partial charge in [0.15, 0.2) is 0 Å². The van der Waals surface area contributed by atoms with Crippen molar-refractivity contribution in [1.29, 1.82) is 5.26 Å². The zero-order valence-corrected chi connectivity index (χ0v) is 20.7. The molecule has 0 aliphatic heterocycles. The molecule has 6 heteroatoms. The number of rotatable bonds is 7. The van der Waals surface area contributed by atoms with E-state index in [1.54, 1.807) is 23.1 Å². The van der Waals surface area contributed by atoms with Crippen LogP contribution in [0.15, 0.2) is 84.9 Å². The van der Waals surface area contributed by atoms with Gasteiger partial charge in [-0.1, -0.05) is 49.4 Å². The van der Waals surface area contributed by atoms with Gasteiger partial charge < -0.3 is 11.1 Å². The molecule has 1 amide bonds. The minimum absolute atomic E-state index is 0.0954. The summed E-state index contributed by atoms with van der Waals surface area (Å²) in [6, 6.07) is 28.2. The van der Waals surface area contributed by atoms with Crippen LogP contribution in [0.3, 0.4) is 0 Å². The van der Waals surface area contributed by atoms with Gasteiger partial charge in [-0.2, -0.15) is 5.26 Å². The van der Waals surface area contributed by atoms with E-state index in [4.69, 9.17) is 10.7 Å². The van der Waals surface area contributed by atoms with Gasteiger partial charge in [0.2, 0.25) is 0 Å². The summed E-state index contributed by atoms with van der Waals surface area (Å²) in [7, 11) is 0. The van der Waals surface area contributed by atoms with E-state index in [9.17, 15) is 10.1 Å². The maximum absolute atomic E-state index is 13.7. The number of amides is 1. The lowest BCUT2D eigenvalue weighted by atomic mass is 9.99. The van der Waals surface area contributed by atoms with Crippen LogP contribution in [0.4, 0.5) is 17.1 Å². The molecule has 4 aromatic rings. The van der Waals surface area contributed by atoms with Gasteiger partial charge in [-0.15, -0.1) is 0 Å². The van der Waals surface area contributed by atoms with Crippen molar-refractivity contribution in [3.8, 4) is 17.3 Å². The Morgan fingerprint density at radius 3 is 2.36 bits per heavy atom. The molecule has 1 heterocycles. The summed E-state index contributed by atoms with van der Waals surface area (Å²) >= 11 is 0. The number of nitrogens with two attached hydrogens (primary N) is 1. The van der Waals surface area contributed by atoms with Crippen LogP contribution in [0.1, 0.15) is 47.1 Å². The zero-order chi connectivity index (χ0) is 25.7. The van der Waals surface area contributed by atoms with Gasteiger partial charge in [0.25, 0.3) is 5.91 Å². The molecule has 1 aromatic heterocycles. The second kappa shape index (κ2) is 10.9. The van der Waals surface area contributed by atoms with Crippen LogP contribution < -0.4 is 16.0 Å². The Morgan fingerprint density at radius 2 is 1.72 bits per heavy atom. The average molecular weight is 476 g/mol. The lowest BCUT2D eigenvalue weighted by Gasteiger charge is -2.24. The van der Waals surface area contributed by atoms with E-state index in [-0.39, 0.29) is 11.9 Å². The van der Waals surface area contributed by atoms with E-state index in [1.807, 2.05) is 80.6 Å². The fourth-order valence-electron chi connectivity index (χ4n) is 4.31. The Labute approximate surface area is 212 Å². The van der Waals surface area contributed by atoms with Gasteiger partial charge in [0, 0.05) is 28.6 Å². The Kier molecular flexibility index (Phi) is 7.43. The molecule has 0 saturated carbocycles. The maximum atomic E-state index is 13.7. The van der Waals surface area contributed by atoms with Crippen molar-refractivity contribution in [2.24, 2.45) is 0 Å². The van der Waals surface area contributed by atoms with E-state index < -0.39 is 0 Å². The molecular weight excluding hydrogens is 446 g/mol. The molecular formula is C30H29N5O. The first-order chi connectivity index (χ1) is 17.4. The number of carbonyl (C=O) groups is 1. The van der Waals surface area contributed by atoms with Gasteiger partial charge >= 0.3 is 0 Å². The number of anilines is 3. The van der Waals surface area contributed by atoms with Gasteiger partial charge in [0.05, 0.1) is 22.6 Å². The molecule has 0 spiro atoms. The SMILES string of the molecule is CCNC(C)c1cc(C#N)c(-c2ccc(C(=O)N(c3ccccc3)c3ccccc3N)cc2)nc1C. The Bertz CT molecular complexity index is 1410. The first-order valence-corrected chi connectivity index (χ1v) is 11.9. The molecule has 3 N–H and O–H groups in total. The lowest BCUT2D eigenvalue weighted by molar-refractivity contribution is 0.0999. The van der Waals surface area contributed by atoms with Crippen LogP contribution in [0.25, 0.3) is 11.3 Å². The summed E-state index contributed by atoms with van der Waals surface area (Å²) in [6.45, 7) is 6.89. The number of nitrogens with zero attached hydrogens (tertiary/aromatic N) is 3. The molecule has 180 valence electrons. The normalized spacial score (nSPS) is 11.5. The van der Waals surface area contributed by atoms with Crippen LogP contribution in [-0.2, 0) is 0 Å². The van der Waals surface area contributed by atoms with Crippen molar-refractivity contribution >= 4 is 23.0 Å². The number of aromatic nitrogens is 1. The van der Waals surface area contributed by atoms with Gasteiger partial charge in [-0.3, -0.25) is 14.7 Å². The van der Waals surface area contributed by atoms with E-state index >= 15 is 0 Å². The molecule has 4 rings (SSSR count). The largest absolute Gasteiger partial charge is 0.397 e. The monoisotopic (exact) mass is 475 g/mol. The predicted molar refractivity (Wildman–Crippen MR) is 145 cm³/mol. The number of nitrogen functional groups attached to an aromatic ring is 1. The van der Waals surface area contributed by atoms with Gasteiger partial charge in [0.1, 0.15) is 6.07 Å². The van der Waals surface area contributed by atoms with Crippen molar-refractivity contribution in [2.75, 3.05) is 17.2 Å². The first-order valence-electron chi connectivity index (χ1n) is 11.9. The molecule has 3 aromatic carbocycles. The summed E-state index contributed by atoms with van der Waals surface area (Å²) < 4.78 is 0. The number of hydrogen-bond donors (Lipinski definition) is 2. The smallest absolute Gasteiger partial charge is 0.262 e. The maximum Gasteiger partial charge on any atom is 0.262 e. The highest BCUT2D eigenvalue weighted by Gasteiger charge is 2.22. The van der Waals surface area contributed by atoms with Crippen LogP contribution in [0.2, 0.25) is 0 Å². The number of benzene rings is 3. The molecule has 1 atom stereocenters. The van der Waals surface area contributed by atoms with Gasteiger partial charge in [-0.25, -0.2) is 0 Å². The van der Waals surface area contributed by atoms with Crippen molar-refractivity contribution < 1.29 is 4.79 Å². The van der Waals surface area contributed by atoms with Crippen LogP contribution in [-0.4, -0.2) is 17.4 Å². The third-order valence-corrected chi connectivity index (χ3v) is 6.15. The fraction of sp³-hybridized carbons (Fsp3) is 0.167. The summed E-state index contributed by atoms with van der Waals surface area (Å²) in [6.07, 6.45) is 0. The summed E-state index contributed by atoms with van der Waals surface area (Å²) in [5, 5.41) is 13.2. The Morgan fingerprint density at radius 1 is 1.06 bits per heavy atom. The quantitative estimate of drug-likeness (QED) is 0.312. The summed E-state index contributed by atoms with van der Waals surface area (Å²) in [5.74, 6) is -0.204. The number of nitriles is 1. The second-order valence-corrected chi connectivity index (χ2v) is 8.56. The predicted octanol–water partition coefficient (Wildman–Crippen LogP) is 6.16. The molecule has 1 unspecified atom stereocenters. The van der Waals surface area contributed by atoms with Crippen molar-refractivity contribution in [2.45, 2.75) is 26.8 Å². The minimum atomic E-state index is -0.204. The minimum Gasteiger partial charge on any atom is -0.397 e. The van der Waals surface area contributed by atoms with E-state index in [0.717, 1.165) is 29.1 Å². The van der Waals surface area contributed by atoms with Crippen LogP contribution in [0, 0.1) is 18.3 Å². The average Bonchev–Trinajstić information content (AvgIpc) is 2.90. The Balaban J connectivity index is 1.71. The highest BCUT2D eigenvalue weighted by molar-refractivity contribution is 6.12. The van der Waals surface area contributed by atoms with E-state index in [1.165, 1.54) is 0 Å². The molecule has 0 radical (unpaired) electrons. The molecule has 0 saturated heterocycles. The topological polar surface area (TPSA) is 95.0 Å². The van der Waals surface area contributed by atoms with Gasteiger partial charge in [-0.05, 0) is 68.4 Å². The number of pyridine rings is 1. The molecule has 0 bridgehead atoms. The highest BCUT2D eigenvalue weighted by atomic mass is 16.2. The van der Waals surface area contributed by atoms with E-state index in [0.29, 0.717) is 28.2 Å². The van der Waals surface area contributed by atoms with Crippen molar-refractivity contribution in [3.63, 3.8) is 0 Å². The number of aryl methyl sites for hydroxylation is 1. The lowest BCUT2D eigenvalue weighted by Crippen LogP contribution is -2.26. The first kappa shape index (κ1) is 24.6. The number of carbonyl (C=O) groups excluding carboxylic acids is 1. The van der Waals surface area contributed by atoms with Crippen molar-refractivity contribution in [3.05, 3.63) is 107 Å². The number of nitrogens with one attached hydrogen (secondary N) is 1. The summed E-state index contributed by atoms with van der Waals surface area (Å²) in [4.78, 5) is 20.1. The molecule has 0 fully saturated rings. The molecule has 0 aliphatic rings. The zero-order valence-electron chi connectivity index (χ0n) is 20.7. The van der Waals surface area contributed by atoms with Crippen LogP contribution in [0.5, 0.6) is 0 Å². The second-order valence-electron chi connectivity index (χ2n) is 8.56. The molecule has 36 heavy (non-hydrogen) atoms. The number of hydrogen-bond acceptors (Lipinski definition) is 5. The molecule has 0 aliphatic carbocycles. The summed E-state index contributed by atoms with van der Waals surface area (Å²) in [5.41, 5.74) is 12.3. The fourth-order valence-corrected chi connectivity index (χ4v) is 4.31. The van der Waals surface area contributed by atoms with Crippen LogP contribution >= 0.6 is 0 Å². The Hall–Kier alpha value is -4.47. The number of para-hydroxylation sites is 3. The van der Waals surface area contributed by atoms with E-state index in [2.05, 4.69) is 18.3 Å². The molecule has 6 nitrogen and oxygen atoms in total. The third kappa shape index (κ3) is 4.97. The van der Waals surface area contributed by atoms with Crippen molar-refractivity contribution in [1.82, 2.24) is 10.3 Å². The third-order valence-electron chi connectivity index (χ3n) is 6.15. The standard InChI is InChI=1S/C30H29N5O/c1-4-33-20(2)26-18-24(19-31)29(34-21(26)3)22-14-16-23(17-15-22)30(36)35(25-10-6-5-7-11-25)28-13-9-8-12-27(28)32/h5-18,20,33H,4,32H2,1-3H3.